The molecule has 1 aromatic heterocycles. The first-order valence-electron chi connectivity index (χ1n) is 11.9. The maximum atomic E-state index is 13.2. The minimum atomic E-state index is -0.510. The molecule has 0 saturated heterocycles. The minimum Gasteiger partial charge on any atom is -0.507 e. The topological polar surface area (TPSA) is 115 Å². The molecule has 1 aliphatic heterocycles. The van der Waals surface area contributed by atoms with E-state index in [1.807, 2.05) is 24.3 Å². The molecule has 0 unspecified atom stereocenters. The van der Waals surface area contributed by atoms with Gasteiger partial charge in [0.1, 0.15) is 34.0 Å². The number of rotatable bonds is 6. The highest BCUT2D eigenvalue weighted by Gasteiger charge is 2.34. The number of hydrogen-bond donors (Lipinski definition) is 2. The standard InChI is InChI=1S/C29H26O8/c1-15(2)14-35-18-6-4-5-16(9-18)19-11-26(33)36-25-13-22(32)28-21(31)12-24(37-29(28)27(19)25)17-7-8-23(34-3)20(30)10-17/h4-10,12-13,15,19,30,32H,11,14H2,1-3H3/t19-/m1/s1. The summed E-state index contributed by atoms with van der Waals surface area (Å²) in [7, 11) is 1.43. The summed E-state index contributed by atoms with van der Waals surface area (Å²) in [5.74, 6) is 0.114. The van der Waals surface area contributed by atoms with Crippen molar-refractivity contribution in [2.24, 2.45) is 5.92 Å². The molecule has 1 aliphatic rings. The summed E-state index contributed by atoms with van der Waals surface area (Å²) >= 11 is 0. The molecular weight excluding hydrogens is 476 g/mol. The SMILES string of the molecule is COc1ccc(-c2cc(=O)c3c(O)cc4c(c3o2)[C@@H](c2cccc(OCC(C)C)c2)CC(=O)O4)cc1O. The van der Waals surface area contributed by atoms with Gasteiger partial charge in [-0.3, -0.25) is 9.59 Å². The molecule has 0 amide bonds. The quantitative estimate of drug-likeness (QED) is 0.268. The van der Waals surface area contributed by atoms with E-state index in [0.29, 0.717) is 29.4 Å². The lowest BCUT2D eigenvalue weighted by molar-refractivity contribution is -0.135. The predicted octanol–water partition coefficient (Wildman–Crippen LogP) is 5.36. The average molecular weight is 503 g/mol. The molecule has 4 aromatic rings. The number of fused-ring (bicyclic) bond motifs is 3. The third kappa shape index (κ3) is 4.58. The van der Waals surface area contributed by atoms with E-state index in [2.05, 4.69) is 13.8 Å². The zero-order valence-electron chi connectivity index (χ0n) is 20.6. The fourth-order valence-electron chi connectivity index (χ4n) is 4.51. The molecule has 0 bridgehead atoms. The molecule has 5 rings (SSSR count). The molecule has 8 heteroatoms. The summed E-state index contributed by atoms with van der Waals surface area (Å²) in [5.41, 5.74) is 1.32. The van der Waals surface area contributed by atoms with Gasteiger partial charge in [-0.2, -0.15) is 0 Å². The van der Waals surface area contributed by atoms with Gasteiger partial charge in [0.2, 0.25) is 0 Å². The monoisotopic (exact) mass is 502 g/mol. The third-order valence-electron chi connectivity index (χ3n) is 6.23. The lowest BCUT2D eigenvalue weighted by Crippen LogP contribution is -2.22. The Morgan fingerprint density at radius 2 is 1.84 bits per heavy atom. The fraction of sp³-hybridized carbons (Fsp3) is 0.241. The summed E-state index contributed by atoms with van der Waals surface area (Å²) in [6.45, 7) is 4.65. The van der Waals surface area contributed by atoms with Crippen LogP contribution in [-0.4, -0.2) is 29.9 Å². The first kappa shape index (κ1) is 24.2. The number of benzene rings is 3. The number of phenols is 2. The van der Waals surface area contributed by atoms with Crippen molar-refractivity contribution in [3.63, 3.8) is 0 Å². The molecule has 37 heavy (non-hydrogen) atoms. The van der Waals surface area contributed by atoms with Gasteiger partial charge in [-0.15, -0.1) is 0 Å². The van der Waals surface area contributed by atoms with Crippen molar-refractivity contribution in [3.8, 4) is 40.1 Å². The summed E-state index contributed by atoms with van der Waals surface area (Å²) < 4.78 is 22.6. The van der Waals surface area contributed by atoms with Crippen LogP contribution in [0.2, 0.25) is 0 Å². The molecule has 0 fully saturated rings. The number of aromatic hydroxyl groups is 2. The molecule has 0 saturated carbocycles. The number of carbonyl (C=O) groups excluding carboxylic acids is 1. The third-order valence-corrected chi connectivity index (χ3v) is 6.23. The smallest absolute Gasteiger partial charge is 0.312 e. The van der Waals surface area contributed by atoms with Crippen molar-refractivity contribution in [2.75, 3.05) is 13.7 Å². The number of esters is 1. The zero-order chi connectivity index (χ0) is 26.3. The van der Waals surface area contributed by atoms with Gasteiger partial charge >= 0.3 is 5.97 Å². The molecule has 2 N–H and O–H groups in total. The first-order valence-corrected chi connectivity index (χ1v) is 11.9. The van der Waals surface area contributed by atoms with Gasteiger partial charge in [0.15, 0.2) is 16.9 Å². The minimum absolute atomic E-state index is 0.0117. The van der Waals surface area contributed by atoms with Gasteiger partial charge in [-0.1, -0.05) is 26.0 Å². The number of ether oxygens (including phenoxy) is 3. The highest BCUT2D eigenvalue weighted by atomic mass is 16.5. The first-order chi connectivity index (χ1) is 17.7. The van der Waals surface area contributed by atoms with E-state index in [4.69, 9.17) is 18.6 Å². The zero-order valence-corrected chi connectivity index (χ0v) is 20.6. The Kier molecular flexibility index (Phi) is 6.25. The van der Waals surface area contributed by atoms with E-state index in [1.165, 1.54) is 25.3 Å². The lowest BCUT2D eigenvalue weighted by Gasteiger charge is -2.26. The number of phenolic OH excluding ortho intramolecular Hbond substituents is 2. The van der Waals surface area contributed by atoms with Crippen LogP contribution in [0.25, 0.3) is 22.3 Å². The largest absolute Gasteiger partial charge is 0.507 e. The Balaban J connectivity index is 1.71. The van der Waals surface area contributed by atoms with Crippen molar-refractivity contribution in [1.82, 2.24) is 0 Å². The van der Waals surface area contributed by atoms with Crippen LogP contribution in [0.3, 0.4) is 0 Å². The van der Waals surface area contributed by atoms with Crippen LogP contribution in [0, 0.1) is 5.92 Å². The Morgan fingerprint density at radius 1 is 1.03 bits per heavy atom. The Hall–Kier alpha value is -4.46. The number of methoxy groups -OCH3 is 1. The molecule has 190 valence electrons. The Morgan fingerprint density at radius 3 is 2.57 bits per heavy atom. The van der Waals surface area contributed by atoms with Crippen molar-refractivity contribution < 1.29 is 33.6 Å². The second-order valence-corrected chi connectivity index (χ2v) is 9.38. The van der Waals surface area contributed by atoms with E-state index in [-0.39, 0.29) is 46.1 Å². The van der Waals surface area contributed by atoms with Crippen LogP contribution >= 0.6 is 0 Å². The molecule has 3 aromatic carbocycles. The highest BCUT2D eigenvalue weighted by molar-refractivity contribution is 5.93. The van der Waals surface area contributed by atoms with Crippen LogP contribution < -0.4 is 19.6 Å². The van der Waals surface area contributed by atoms with E-state index < -0.39 is 17.3 Å². The number of hydrogen-bond acceptors (Lipinski definition) is 8. The van der Waals surface area contributed by atoms with Crippen LogP contribution in [0.1, 0.15) is 37.3 Å². The van der Waals surface area contributed by atoms with Gasteiger partial charge in [-0.25, -0.2) is 0 Å². The Bertz CT molecular complexity index is 1570. The van der Waals surface area contributed by atoms with Crippen molar-refractivity contribution in [2.45, 2.75) is 26.2 Å². The van der Waals surface area contributed by atoms with Crippen molar-refractivity contribution in [3.05, 3.63) is 75.9 Å². The number of carbonyl (C=O) groups is 1. The Labute approximate surface area is 212 Å². The van der Waals surface area contributed by atoms with E-state index in [9.17, 15) is 19.8 Å². The highest BCUT2D eigenvalue weighted by Crippen LogP contribution is 2.46. The molecular formula is C29H26O8. The maximum absolute atomic E-state index is 13.2. The molecule has 0 radical (unpaired) electrons. The molecule has 2 heterocycles. The molecule has 1 atom stereocenters. The van der Waals surface area contributed by atoms with Crippen molar-refractivity contribution >= 4 is 16.9 Å². The van der Waals surface area contributed by atoms with Crippen LogP contribution in [0.15, 0.2) is 63.8 Å². The fourth-order valence-corrected chi connectivity index (χ4v) is 4.51. The van der Waals surface area contributed by atoms with Gasteiger partial charge in [-0.05, 0) is 41.8 Å². The summed E-state index contributed by atoms with van der Waals surface area (Å²) in [5, 5.41) is 20.9. The van der Waals surface area contributed by atoms with Gasteiger partial charge in [0, 0.05) is 29.2 Å². The molecule has 0 spiro atoms. The second kappa shape index (κ2) is 9.54. The van der Waals surface area contributed by atoms with E-state index in [0.717, 1.165) is 5.56 Å². The normalized spacial score (nSPS) is 14.9. The van der Waals surface area contributed by atoms with Crippen LogP contribution in [0.5, 0.6) is 28.7 Å². The lowest BCUT2D eigenvalue weighted by atomic mass is 9.85. The molecule has 8 nitrogen and oxygen atoms in total. The van der Waals surface area contributed by atoms with Gasteiger partial charge in [0.25, 0.3) is 0 Å². The maximum Gasteiger partial charge on any atom is 0.312 e. The molecule has 0 aliphatic carbocycles. The van der Waals surface area contributed by atoms with Crippen LogP contribution in [-0.2, 0) is 4.79 Å². The van der Waals surface area contributed by atoms with Gasteiger partial charge < -0.3 is 28.8 Å². The second-order valence-electron chi connectivity index (χ2n) is 9.38. The van der Waals surface area contributed by atoms with E-state index >= 15 is 0 Å². The van der Waals surface area contributed by atoms with Gasteiger partial charge in [0.05, 0.1) is 20.1 Å². The summed E-state index contributed by atoms with van der Waals surface area (Å²) in [4.78, 5) is 25.7. The summed E-state index contributed by atoms with van der Waals surface area (Å²) in [6.07, 6.45) is 0.0117. The van der Waals surface area contributed by atoms with E-state index in [1.54, 1.807) is 12.1 Å². The predicted molar refractivity (Wildman–Crippen MR) is 137 cm³/mol. The average Bonchev–Trinajstić information content (AvgIpc) is 2.86. The van der Waals surface area contributed by atoms with Crippen LogP contribution in [0.4, 0.5) is 0 Å². The summed E-state index contributed by atoms with van der Waals surface area (Å²) in [6, 6.07) is 14.6. The van der Waals surface area contributed by atoms with Crippen molar-refractivity contribution in [1.29, 1.82) is 0 Å².